The maximum absolute atomic E-state index is 10.2. The van der Waals surface area contributed by atoms with Crippen LogP contribution in [0.4, 0.5) is 0 Å². The van der Waals surface area contributed by atoms with Crippen molar-refractivity contribution in [3.63, 3.8) is 0 Å². The number of benzene rings is 1. The van der Waals surface area contributed by atoms with Gasteiger partial charge in [0.1, 0.15) is 0 Å². The van der Waals surface area contributed by atoms with Crippen LogP contribution >= 0.6 is 0 Å². The highest BCUT2D eigenvalue weighted by atomic mass is 16.3. The van der Waals surface area contributed by atoms with Crippen molar-refractivity contribution in [1.82, 2.24) is 0 Å². The average molecular weight is 232 g/mol. The SMILES string of the molecule is CCCc1ccc(C2CCCCCC2O)cc1. The summed E-state index contributed by atoms with van der Waals surface area (Å²) in [6.07, 6.45) is 8.08. The van der Waals surface area contributed by atoms with Crippen molar-refractivity contribution in [2.24, 2.45) is 0 Å². The first-order valence-corrected chi connectivity index (χ1v) is 7.08. The zero-order valence-electron chi connectivity index (χ0n) is 10.9. The lowest BCUT2D eigenvalue weighted by Gasteiger charge is -2.21. The van der Waals surface area contributed by atoms with Crippen LogP contribution in [0, 0.1) is 0 Å². The lowest BCUT2D eigenvalue weighted by Crippen LogP contribution is -2.16. The van der Waals surface area contributed by atoms with Gasteiger partial charge in [0.2, 0.25) is 0 Å². The first-order chi connectivity index (χ1) is 8.31. The molecular formula is C16H24O. The molecule has 0 bridgehead atoms. The second kappa shape index (κ2) is 6.20. The number of hydrogen-bond acceptors (Lipinski definition) is 1. The van der Waals surface area contributed by atoms with Crippen LogP contribution in [0.1, 0.15) is 62.5 Å². The molecule has 0 aromatic heterocycles. The summed E-state index contributed by atoms with van der Waals surface area (Å²) in [7, 11) is 0. The maximum Gasteiger partial charge on any atom is 0.0608 e. The predicted molar refractivity (Wildman–Crippen MR) is 72.3 cm³/mol. The molecule has 1 aliphatic carbocycles. The van der Waals surface area contributed by atoms with Crippen LogP contribution < -0.4 is 0 Å². The first kappa shape index (κ1) is 12.6. The van der Waals surface area contributed by atoms with E-state index in [2.05, 4.69) is 31.2 Å². The van der Waals surface area contributed by atoms with Crippen LogP contribution in [0.5, 0.6) is 0 Å². The van der Waals surface area contributed by atoms with Gasteiger partial charge in [0.15, 0.2) is 0 Å². The molecule has 0 spiro atoms. The molecule has 1 heteroatoms. The Kier molecular flexibility index (Phi) is 4.61. The van der Waals surface area contributed by atoms with Crippen LogP contribution in [-0.2, 0) is 6.42 Å². The van der Waals surface area contributed by atoms with Crippen molar-refractivity contribution in [3.05, 3.63) is 35.4 Å². The van der Waals surface area contributed by atoms with Gasteiger partial charge in [0.25, 0.3) is 0 Å². The molecule has 1 aromatic rings. The summed E-state index contributed by atoms with van der Waals surface area (Å²) >= 11 is 0. The molecule has 1 saturated carbocycles. The van der Waals surface area contributed by atoms with Crippen LogP contribution in [0.15, 0.2) is 24.3 Å². The quantitative estimate of drug-likeness (QED) is 0.780. The molecule has 2 unspecified atom stereocenters. The second-order valence-corrected chi connectivity index (χ2v) is 5.30. The minimum atomic E-state index is -0.130. The number of hydrogen-bond donors (Lipinski definition) is 1. The predicted octanol–water partition coefficient (Wildman–Crippen LogP) is 4.05. The summed E-state index contributed by atoms with van der Waals surface area (Å²) in [5.41, 5.74) is 2.75. The molecule has 1 aromatic carbocycles. The second-order valence-electron chi connectivity index (χ2n) is 5.30. The summed E-state index contributed by atoms with van der Waals surface area (Å²) < 4.78 is 0. The fourth-order valence-electron chi connectivity index (χ4n) is 2.90. The molecule has 1 aliphatic rings. The summed E-state index contributed by atoms with van der Waals surface area (Å²) in [6, 6.07) is 8.92. The summed E-state index contributed by atoms with van der Waals surface area (Å²) in [4.78, 5) is 0. The fourth-order valence-corrected chi connectivity index (χ4v) is 2.90. The average Bonchev–Trinajstić information content (AvgIpc) is 2.56. The molecule has 0 saturated heterocycles. The monoisotopic (exact) mass is 232 g/mol. The molecule has 0 radical (unpaired) electrons. The lowest BCUT2D eigenvalue weighted by molar-refractivity contribution is 0.135. The van der Waals surface area contributed by atoms with Crippen molar-refractivity contribution < 1.29 is 5.11 Å². The summed E-state index contributed by atoms with van der Waals surface area (Å²) in [5.74, 6) is 0.369. The number of aryl methyl sites for hydroxylation is 1. The van der Waals surface area contributed by atoms with E-state index >= 15 is 0 Å². The molecule has 17 heavy (non-hydrogen) atoms. The van der Waals surface area contributed by atoms with Gasteiger partial charge in [-0.05, 0) is 30.4 Å². The van der Waals surface area contributed by atoms with Gasteiger partial charge >= 0.3 is 0 Å². The Bertz CT molecular complexity index is 328. The number of aliphatic hydroxyl groups excluding tert-OH is 1. The molecule has 94 valence electrons. The highest BCUT2D eigenvalue weighted by molar-refractivity contribution is 5.26. The van der Waals surface area contributed by atoms with Crippen molar-refractivity contribution in [3.8, 4) is 0 Å². The Balaban J connectivity index is 2.09. The first-order valence-electron chi connectivity index (χ1n) is 7.08. The van der Waals surface area contributed by atoms with Crippen LogP contribution in [-0.4, -0.2) is 11.2 Å². The zero-order valence-corrected chi connectivity index (χ0v) is 10.9. The Morgan fingerprint density at radius 2 is 1.76 bits per heavy atom. The Morgan fingerprint density at radius 3 is 2.47 bits per heavy atom. The lowest BCUT2D eigenvalue weighted by atomic mass is 9.89. The van der Waals surface area contributed by atoms with Crippen LogP contribution in [0.25, 0.3) is 0 Å². The zero-order chi connectivity index (χ0) is 12.1. The van der Waals surface area contributed by atoms with Gasteiger partial charge in [-0.25, -0.2) is 0 Å². The third-order valence-corrected chi connectivity index (χ3v) is 3.93. The van der Waals surface area contributed by atoms with E-state index in [9.17, 15) is 5.11 Å². The fraction of sp³-hybridized carbons (Fsp3) is 0.625. The third-order valence-electron chi connectivity index (χ3n) is 3.93. The van der Waals surface area contributed by atoms with E-state index in [-0.39, 0.29) is 6.10 Å². The minimum Gasteiger partial charge on any atom is -0.392 e. The largest absolute Gasteiger partial charge is 0.392 e. The van der Waals surface area contributed by atoms with E-state index in [1.807, 2.05) is 0 Å². The molecule has 1 N–H and O–H groups in total. The number of aliphatic hydroxyl groups is 1. The minimum absolute atomic E-state index is 0.130. The standard InChI is InChI=1S/C16H24O/c1-2-6-13-9-11-14(12-10-13)15-7-4-3-5-8-16(15)17/h9-12,15-17H,2-8H2,1H3. The Labute approximate surface area is 105 Å². The summed E-state index contributed by atoms with van der Waals surface area (Å²) in [5, 5.41) is 10.2. The van der Waals surface area contributed by atoms with E-state index in [1.165, 1.54) is 36.8 Å². The van der Waals surface area contributed by atoms with Gasteiger partial charge in [-0.3, -0.25) is 0 Å². The third kappa shape index (κ3) is 3.32. The normalized spacial score (nSPS) is 25.5. The van der Waals surface area contributed by atoms with Gasteiger partial charge in [-0.1, -0.05) is 56.9 Å². The van der Waals surface area contributed by atoms with E-state index in [0.29, 0.717) is 5.92 Å². The van der Waals surface area contributed by atoms with Crippen molar-refractivity contribution >= 4 is 0 Å². The smallest absolute Gasteiger partial charge is 0.0608 e. The molecule has 2 atom stereocenters. The van der Waals surface area contributed by atoms with Crippen LogP contribution in [0.2, 0.25) is 0 Å². The maximum atomic E-state index is 10.2. The number of rotatable bonds is 3. The molecular weight excluding hydrogens is 208 g/mol. The van der Waals surface area contributed by atoms with Gasteiger partial charge in [-0.15, -0.1) is 0 Å². The highest BCUT2D eigenvalue weighted by Gasteiger charge is 2.22. The topological polar surface area (TPSA) is 20.2 Å². The van der Waals surface area contributed by atoms with Gasteiger partial charge in [0.05, 0.1) is 6.10 Å². The molecule has 0 amide bonds. The van der Waals surface area contributed by atoms with Gasteiger partial charge in [0, 0.05) is 5.92 Å². The summed E-state index contributed by atoms with van der Waals surface area (Å²) in [6.45, 7) is 2.21. The molecule has 2 rings (SSSR count). The van der Waals surface area contributed by atoms with E-state index in [0.717, 1.165) is 19.3 Å². The molecule has 1 nitrogen and oxygen atoms in total. The van der Waals surface area contributed by atoms with Crippen molar-refractivity contribution in [2.45, 2.75) is 63.9 Å². The Hall–Kier alpha value is -0.820. The van der Waals surface area contributed by atoms with Crippen molar-refractivity contribution in [1.29, 1.82) is 0 Å². The van der Waals surface area contributed by atoms with E-state index < -0.39 is 0 Å². The molecule has 0 aliphatic heterocycles. The van der Waals surface area contributed by atoms with Gasteiger partial charge < -0.3 is 5.11 Å². The highest BCUT2D eigenvalue weighted by Crippen LogP contribution is 2.32. The Morgan fingerprint density at radius 1 is 1.06 bits per heavy atom. The molecule has 1 fully saturated rings. The van der Waals surface area contributed by atoms with E-state index in [1.54, 1.807) is 0 Å². The van der Waals surface area contributed by atoms with E-state index in [4.69, 9.17) is 0 Å². The van der Waals surface area contributed by atoms with Gasteiger partial charge in [-0.2, -0.15) is 0 Å². The molecule has 0 heterocycles. The van der Waals surface area contributed by atoms with Crippen LogP contribution in [0.3, 0.4) is 0 Å². The van der Waals surface area contributed by atoms with Crippen molar-refractivity contribution in [2.75, 3.05) is 0 Å².